The van der Waals surface area contributed by atoms with Crippen molar-refractivity contribution in [3.63, 3.8) is 0 Å². The largest absolute Gasteiger partial charge is 0.471 e. The van der Waals surface area contributed by atoms with Crippen LogP contribution < -0.4 is 15.5 Å². The number of alkyl halides is 3. The third kappa shape index (κ3) is 8.06. The monoisotopic (exact) mass is 517 g/mol. The Morgan fingerprint density at radius 2 is 1.70 bits per heavy atom. The van der Waals surface area contributed by atoms with E-state index >= 15 is 0 Å². The van der Waals surface area contributed by atoms with Gasteiger partial charge in [-0.2, -0.15) is 13.2 Å². The molecule has 1 aromatic heterocycles. The fourth-order valence-corrected chi connectivity index (χ4v) is 4.00. The first-order chi connectivity index (χ1) is 17.7. The molecule has 1 atom stereocenters. The molecule has 1 aliphatic rings. The van der Waals surface area contributed by atoms with Crippen LogP contribution in [0.1, 0.15) is 19.3 Å². The number of rotatable bonds is 10. The summed E-state index contributed by atoms with van der Waals surface area (Å²) >= 11 is 0. The summed E-state index contributed by atoms with van der Waals surface area (Å²) in [5.74, 6) is -2.32. The first kappa shape index (κ1) is 27.7. The van der Waals surface area contributed by atoms with Crippen molar-refractivity contribution < 1.29 is 27.6 Å². The minimum atomic E-state index is -5.09. The van der Waals surface area contributed by atoms with Crippen molar-refractivity contribution in [2.75, 3.05) is 37.6 Å². The van der Waals surface area contributed by atoms with E-state index < -0.39 is 24.0 Å². The molecule has 3 amide bonds. The molecule has 1 aromatic carbocycles. The zero-order valence-electron chi connectivity index (χ0n) is 20.3. The second-order valence-corrected chi connectivity index (χ2v) is 8.57. The third-order valence-electron chi connectivity index (χ3n) is 5.98. The molecule has 1 saturated heterocycles. The van der Waals surface area contributed by atoms with Crippen LogP contribution in [0.25, 0.3) is 11.3 Å². The van der Waals surface area contributed by atoms with Crippen LogP contribution in [0.4, 0.5) is 19.0 Å². The number of unbranched alkanes of at least 4 members (excludes halogenated alkanes) is 1. The minimum absolute atomic E-state index is 0.0193. The number of pyridine rings is 1. The average molecular weight is 518 g/mol. The topological polar surface area (TPSA) is 94.6 Å². The van der Waals surface area contributed by atoms with E-state index in [-0.39, 0.29) is 32.0 Å². The van der Waals surface area contributed by atoms with Crippen molar-refractivity contribution in [2.24, 2.45) is 0 Å². The van der Waals surface area contributed by atoms with E-state index in [0.717, 1.165) is 23.2 Å². The lowest BCUT2D eigenvalue weighted by molar-refractivity contribution is -0.175. The van der Waals surface area contributed by atoms with E-state index in [2.05, 4.69) is 11.9 Å². The van der Waals surface area contributed by atoms with Crippen molar-refractivity contribution in [1.29, 1.82) is 0 Å². The van der Waals surface area contributed by atoms with Gasteiger partial charge in [0.1, 0.15) is 11.9 Å². The van der Waals surface area contributed by atoms with Crippen LogP contribution in [0, 0.1) is 0 Å². The molecule has 198 valence electrons. The lowest BCUT2D eigenvalue weighted by Gasteiger charge is -2.37. The number of benzene rings is 1. The molecule has 0 spiro atoms. The van der Waals surface area contributed by atoms with E-state index in [1.54, 1.807) is 0 Å². The minimum Gasteiger partial charge on any atom is -0.353 e. The average Bonchev–Trinajstić information content (AvgIpc) is 2.91. The number of carbonyl (C=O) groups is 3. The first-order valence-corrected chi connectivity index (χ1v) is 12.0. The molecule has 1 aliphatic heterocycles. The van der Waals surface area contributed by atoms with Gasteiger partial charge in [-0.3, -0.25) is 14.4 Å². The maximum Gasteiger partial charge on any atom is 0.471 e. The van der Waals surface area contributed by atoms with Gasteiger partial charge in [-0.1, -0.05) is 43.0 Å². The highest BCUT2D eigenvalue weighted by Crippen LogP contribution is 2.22. The summed E-state index contributed by atoms with van der Waals surface area (Å²) < 4.78 is 38.6. The van der Waals surface area contributed by atoms with Gasteiger partial charge in [-0.05, 0) is 37.5 Å². The van der Waals surface area contributed by atoms with Crippen LogP contribution in [-0.2, 0) is 14.4 Å². The van der Waals surface area contributed by atoms with Crippen LogP contribution in [0.3, 0.4) is 0 Å². The Morgan fingerprint density at radius 3 is 2.35 bits per heavy atom. The smallest absolute Gasteiger partial charge is 0.353 e. The summed E-state index contributed by atoms with van der Waals surface area (Å²) in [5.41, 5.74) is 1.79. The molecule has 0 saturated carbocycles. The third-order valence-corrected chi connectivity index (χ3v) is 5.98. The van der Waals surface area contributed by atoms with Gasteiger partial charge in [0.05, 0.1) is 5.69 Å². The molecular weight excluding hydrogens is 487 g/mol. The lowest BCUT2D eigenvalue weighted by atomic mass is 10.1. The summed E-state index contributed by atoms with van der Waals surface area (Å²) in [7, 11) is 0. The van der Waals surface area contributed by atoms with Crippen molar-refractivity contribution in [2.45, 2.75) is 31.5 Å². The molecule has 37 heavy (non-hydrogen) atoms. The highest BCUT2D eigenvalue weighted by Gasteiger charge is 2.41. The second kappa shape index (κ2) is 12.9. The molecule has 0 aliphatic carbocycles. The molecule has 0 bridgehead atoms. The van der Waals surface area contributed by atoms with Crippen molar-refractivity contribution in [1.82, 2.24) is 20.5 Å². The van der Waals surface area contributed by atoms with Crippen LogP contribution >= 0.6 is 0 Å². The number of hydrogen-bond acceptors (Lipinski definition) is 5. The molecule has 3 rings (SSSR count). The number of halogens is 3. The van der Waals surface area contributed by atoms with E-state index in [0.29, 0.717) is 25.9 Å². The second-order valence-electron chi connectivity index (χ2n) is 8.57. The zero-order chi connectivity index (χ0) is 26.8. The summed E-state index contributed by atoms with van der Waals surface area (Å²) in [6.45, 7) is 5.08. The van der Waals surface area contributed by atoms with Gasteiger partial charge >= 0.3 is 12.1 Å². The van der Waals surface area contributed by atoms with Crippen LogP contribution in [0.5, 0.6) is 0 Å². The number of piperazine rings is 1. The van der Waals surface area contributed by atoms with Gasteiger partial charge in [-0.25, -0.2) is 4.98 Å². The van der Waals surface area contributed by atoms with Gasteiger partial charge in [-0.15, -0.1) is 0 Å². The van der Waals surface area contributed by atoms with E-state index in [4.69, 9.17) is 4.98 Å². The standard InChI is InChI=1S/C26H30F3N5O3/c1-2-23(35)30-14-7-6-11-21(32-25(37)26(27,28)29)24(36)34-17-15-33(16-18-34)22-13-8-12-20(31-22)19-9-4-3-5-10-19/h2-5,8-10,12-13,21H,1,6-7,11,14-18H2,(H,30,35)(H,32,37). The Balaban J connectivity index is 1.59. The normalized spacial score (nSPS) is 14.6. The molecule has 2 heterocycles. The number of anilines is 1. The van der Waals surface area contributed by atoms with Gasteiger partial charge in [0.15, 0.2) is 0 Å². The van der Waals surface area contributed by atoms with Gasteiger partial charge in [0, 0.05) is 38.3 Å². The Hall–Kier alpha value is -3.89. The lowest BCUT2D eigenvalue weighted by Crippen LogP contribution is -2.56. The Kier molecular flexibility index (Phi) is 9.64. The molecule has 8 nitrogen and oxygen atoms in total. The molecule has 1 unspecified atom stereocenters. The van der Waals surface area contributed by atoms with E-state index in [1.807, 2.05) is 58.7 Å². The quantitative estimate of drug-likeness (QED) is 0.373. The Bertz CT molecular complexity index is 1090. The number of nitrogens with one attached hydrogen (secondary N) is 2. The van der Waals surface area contributed by atoms with Crippen molar-refractivity contribution in [3.05, 3.63) is 61.2 Å². The molecule has 1 fully saturated rings. The number of aromatic nitrogens is 1. The highest BCUT2D eigenvalue weighted by molar-refractivity contribution is 5.90. The van der Waals surface area contributed by atoms with Crippen molar-refractivity contribution in [3.8, 4) is 11.3 Å². The molecule has 0 radical (unpaired) electrons. The summed E-state index contributed by atoms with van der Waals surface area (Å²) in [6.07, 6.45) is -3.19. The number of amides is 3. The molecular formula is C26H30F3N5O3. The fraction of sp³-hybridized carbons (Fsp3) is 0.385. The summed E-state index contributed by atoms with van der Waals surface area (Å²) in [5, 5.41) is 4.42. The van der Waals surface area contributed by atoms with Crippen LogP contribution in [0.2, 0.25) is 0 Å². The van der Waals surface area contributed by atoms with Gasteiger partial charge < -0.3 is 20.4 Å². The molecule has 2 aromatic rings. The van der Waals surface area contributed by atoms with Gasteiger partial charge in [0.2, 0.25) is 11.8 Å². The predicted molar refractivity (Wildman–Crippen MR) is 134 cm³/mol. The fourth-order valence-electron chi connectivity index (χ4n) is 4.00. The van der Waals surface area contributed by atoms with E-state index in [9.17, 15) is 27.6 Å². The molecule has 2 N–H and O–H groups in total. The maximum absolute atomic E-state index is 13.1. The Labute approximate surface area is 213 Å². The zero-order valence-corrected chi connectivity index (χ0v) is 20.3. The van der Waals surface area contributed by atoms with Crippen molar-refractivity contribution >= 4 is 23.5 Å². The van der Waals surface area contributed by atoms with Crippen LogP contribution in [-0.4, -0.2) is 72.5 Å². The van der Waals surface area contributed by atoms with E-state index in [1.165, 1.54) is 4.90 Å². The SMILES string of the molecule is C=CC(=O)NCCCCC(NC(=O)C(F)(F)F)C(=O)N1CCN(c2cccc(-c3ccccc3)n2)CC1. The number of carbonyl (C=O) groups excluding carboxylic acids is 3. The highest BCUT2D eigenvalue weighted by atomic mass is 19.4. The van der Waals surface area contributed by atoms with Crippen LogP contribution in [0.15, 0.2) is 61.2 Å². The summed E-state index contributed by atoms with van der Waals surface area (Å²) in [6, 6.07) is 14.1. The predicted octanol–water partition coefficient (Wildman–Crippen LogP) is 2.92. The Morgan fingerprint density at radius 1 is 1.00 bits per heavy atom. The summed E-state index contributed by atoms with van der Waals surface area (Å²) in [4.78, 5) is 44.1. The van der Waals surface area contributed by atoms with Gasteiger partial charge in [0.25, 0.3) is 0 Å². The number of hydrogen-bond donors (Lipinski definition) is 2. The molecule has 11 heteroatoms. The number of nitrogens with zero attached hydrogens (tertiary/aromatic N) is 3. The first-order valence-electron chi connectivity index (χ1n) is 12.0. The maximum atomic E-state index is 13.1.